The molecule has 1 heterocycles. The highest BCUT2D eigenvalue weighted by Crippen LogP contribution is 2.29. The normalized spacial score (nSPS) is 12.1. The molecule has 0 fully saturated rings. The summed E-state index contributed by atoms with van der Waals surface area (Å²) in [6, 6.07) is 4.29. The molecule has 0 unspecified atom stereocenters. The predicted molar refractivity (Wildman–Crippen MR) is 54.3 cm³/mol. The molecule has 0 amide bonds. The summed E-state index contributed by atoms with van der Waals surface area (Å²) in [7, 11) is 1.43. The molecule has 0 spiro atoms. The van der Waals surface area contributed by atoms with E-state index in [2.05, 4.69) is 0 Å². The molecule has 0 aliphatic rings. The van der Waals surface area contributed by atoms with Crippen LogP contribution in [-0.2, 0) is 9.05 Å². The lowest BCUT2D eigenvalue weighted by molar-refractivity contribution is 0.609. The van der Waals surface area contributed by atoms with E-state index in [4.69, 9.17) is 26.7 Å². The highest BCUT2D eigenvalue weighted by atomic mass is 35.7. The average molecular weight is 251 g/mol. The molecule has 3 nitrogen and oxygen atoms in total. The van der Waals surface area contributed by atoms with Crippen molar-refractivity contribution in [3.63, 3.8) is 0 Å². The van der Waals surface area contributed by atoms with E-state index in [9.17, 15) is 8.42 Å². The lowest BCUT2D eigenvalue weighted by Gasteiger charge is -1.97. The topological polar surface area (TPSA) is 47.3 Å². The van der Waals surface area contributed by atoms with E-state index in [0.29, 0.717) is 11.0 Å². The van der Waals surface area contributed by atoms with Crippen LogP contribution < -0.4 is 0 Å². The molecule has 0 atom stereocenters. The Labute approximate surface area is 89.6 Å². The van der Waals surface area contributed by atoms with Crippen LogP contribution in [0.5, 0.6) is 0 Å². The highest BCUT2D eigenvalue weighted by Gasteiger charge is 2.14. The van der Waals surface area contributed by atoms with Gasteiger partial charge in [-0.3, -0.25) is 0 Å². The monoisotopic (exact) mass is 250 g/mol. The maximum Gasteiger partial charge on any atom is 0.261 e. The van der Waals surface area contributed by atoms with Gasteiger partial charge in [-0.05, 0) is 18.2 Å². The Bertz CT molecular complexity index is 586. The molecule has 0 radical (unpaired) electrons. The van der Waals surface area contributed by atoms with Crippen molar-refractivity contribution in [2.24, 2.45) is 0 Å². The molecular weight excluding hydrogens is 247 g/mol. The fourth-order valence-electron chi connectivity index (χ4n) is 1.15. The maximum atomic E-state index is 11.0. The lowest BCUT2D eigenvalue weighted by Crippen LogP contribution is -1.89. The summed E-state index contributed by atoms with van der Waals surface area (Å²) >= 11 is 5.79. The van der Waals surface area contributed by atoms with Crippen LogP contribution in [0.15, 0.2) is 33.8 Å². The van der Waals surface area contributed by atoms with Crippen molar-refractivity contribution >= 4 is 42.3 Å². The van der Waals surface area contributed by atoms with E-state index in [0.717, 1.165) is 0 Å². The maximum absolute atomic E-state index is 11.0. The van der Waals surface area contributed by atoms with Crippen LogP contribution in [0.2, 0.25) is 5.02 Å². The van der Waals surface area contributed by atoms with Gasteiger partial charge in [-0.15, -0.1) is 0 Å². The smallest absolute Gasteiger partial charge is 0.261 e. The second kappa shape index (κ2) is 3.15. The molecule has 14 heavy (non-hydrogen) atoms. The highest BCUT2D eigenvalue weighted by molar-refractivity contribution is 8.13. The molecule has 0 aliphatic heterocycles. The minimum Gasteiger partial charge on any atom is -0.463 e. The van der Waals surface area contributed by atoms with Crippen LogP contribution in [0.3, 0.4) is 0 Å². The SMILES string of the molecule is O=S(=O)(Cl)c1cc(Cl)c2occc2c1. The Balaban J connectivity index is 2.83. The van der Waals surface area contributed by atoms with Gasteiger partial charge in [0.2, 0.25) is 0 Å². The number of furan rings is 1. The van der Waals surface area contributed by atoms with Crippen molar-refractivity contribution in [3.8, 4) is 0 Å². The molecule has 74 valence electrons. The average Bonchev–Trinajstić information content (AvgIpc) is 2.50. The Morgan fingerprint density at radius 3 is 2.64 bits per heavy atom. The zero-order valence-corrected chi connectivity index (χ0v) is 9.03. The third kappa shape index (κ3) is 1.61. The number of rotatable bonds is 1. The van der Waals surface area contributed by atoms with E-state index < -0.39 is 9.05 Å². The van der Waals surface area contributed by atoms with Crippen molar-refractivity contribution in [3.05, 3.63) is 29.5 Å². The Morgan fingerprint density at radius 2 is 2.00 bits per heavy atom. The molecule has 6 heteroatoms. The molecule has 1 aromatic heterocycles. The number of benzene rings is 1. The minimum absolute atomic E-state index is 0.0296. The van der Waals surface area contributed by atoms with E-state index in [1.165, 1.54) is 18.4 Å². The number of hydrogen-bond donors (Lipinski definition) is 0. The standard InChI is InChI=1S/C8H4Cl2O3S/c9-7-4-6(14(10,11)12)3-5-1-2-13-8(5)7/h1-4H. The summed E-state index contributed by atoms with van der Waals surface area (Å²) < 4.78 is 27.1. The fraction of sp³-hybridized carbons (Fsp3) is 0. The van der Waals surface area contributed by atoms with Crippen LogP contribution in [0.4, 0.5) is 0 Å². The number of fused-ring (bicyclic) bond motifs is 1. The molecule has 1 aromatic carbocycles. The molecule has 0 bridgehead atoms. The third-order valence-electron chi connectivity index (χ3n) is 1.76. The lowest BCUT2D eigenvalue weighted by atomic mass is 10.2. The second-order valence-electron chi connectivity index (χ2n) is 2.68. The van der Waals surface area contributed by atoms with Gasteiger partial charge in [0.25, 0.3) is 9.05 Å². The van der Waals surface area contributed by atoms with Gasteiger partial charge in [0.15, 0.2) is 5.58 Å². The summed E-state index contributed by atoms with van der Waals surface area (Å²) in [5.74, 6) is 0. The first-order valence-corrected chi connectivity index (χ1v) is 6.28. The first-order chi connectivity index (χ1) is 6.48. The van der Waals surface area contributed by atoms with Gasteiger partial charge in [0.05, 0.1) is 16.2 Å². The molecule has 2 rings (SSSR count). The van der Waals surface area contributed by atoms with Gasteiger partial charge in [0, 0.05) is 16.1 Å². The van der Waals surface area contributed by atoms with Crippen LogP contribution in [0, 0.1) is 0 Å². The van der Waals surface area contributed by atoms with E-state index in [-0.39, 0.29) is 9.92 Å². The summed E-state index contributed by atoms with van der Waals surface area (Å²) in [5, 5.41) is 0.837. The van der Waals surface area contributed by atoms with E-state index in [1.807, 2.05) is 0 Å². The largest absolute Gasteiger partial charge is 0.463 e. The van der Waals surface area contributed by atoms with Crippen LogP contribution in [0.25, 0.3) is 11.0 Å². The Morgan fingerprint density at radius 1 is 1.29 bits per heavy atom. The minimum atomic E-state index is -3.75. The predicted octanol–water partition coefficient (Wildman–Crippen LogP) is 3.01. The van der Waals surface area contributed by atoms with Gasteiger partial charge in [-0.1, -0.05) is 11.6 Å². The molecular formula is C8H4Cl2O3S. The Hall–Kier alpha value is -0.710. The third-order valence-corrected chi connectivity index (χ3v) is 3.37. The van der Waals surface area contributed by atoms with E-state index >= 15 is 0 Å². The van der Waals surface area contributed by atoms with Crippen LogP contribution >= 0.6 is 22.3 Å². The van der Waals surface area contributed by atoms with Crippen LogP contribution in [-0.4, -0.2) is 8.42 Å². The molecule has 0 saturated carbocycles. The van der Waals surface area contributed by atoms with Crippen molar-refractivity contribution in [1.29, 1.82) is 0 Å². The van der Waals surface area contributed by atoms with Gasteiger partial charge >= 0.3 is 0 Å². The zero-order chi connectivity index (χ0) is 10.3. The number of hydrogen-bond acceptors (Lipinski definition) is 3. The summed E-state index contributed by atoms with van der Waals surface area (Å²) in [4.78, 5) is -0.0296. The molecule has 0 aliphatic carbocycles. The van der Waals surface area contributed by atoms with Crippen molar-refractivity contribution in [2.75, 3.05) is 0 Å². The van der Waals surface area contributed by atoms with E-state index in [1.54, 1.807) is 6.07 Å². The number of halogens is 2. The quantitative estimate of drug-likeness (QED) is 0.732. The first kappa shape index (κ1) is 9.83. The summed E-state index contributed by atoms with van der Waals surface area (Å²) in [6.07, 6.45) is 1.43. The van der Waals surface area contributed by atoms with Gasteiger partial charge < -0.3 is 4.42 Å². The fourth-order valence-corrected chi connectivity index (χ4v) is 2.28. The van der Waals surface area contributed by atoms with Gasteiger partial charge in [0.1, 0.15) is 0 Å². The summed E-state index contributed by atoms with van der Waals surface area (Å²) in [6.45, 7) is 0. The van der Waals surface area contributed by atoms with Gasteiger partial charge in [-0.25, -0.2) is 8.42 Å². The van der Waals surface area contributed by atoms with Crippen molar-refractivity contribution < 1.29 is 12.8 Å². The first-order valence-electron chi connectivity index (χ1n) is 3.60. The molecule has 0 N–H and O–H groups in total. The van der Waals surface area contributed by atoms with Crippen LogP contribution in [0.1, 0.15) is 0 Å². The summed E-state index contributed by atoms with van der Waals surface area (Å²) in [5.41, 5.74) is 0.454. The second-order valence-corrected chi connectivity index (χ2v) is 5.66. The zero-order valence-electron chi connectivity index (χ0n) is 6.70. The van der Waals surface area contributed by atoms with Crippen molar-refractivity contribution in [1.82, 2.24) is 0 Å². The molecule has 2 aromatic rings. The Kier molecular flexibility index (Phi) is 2.21. The molecule has 0 saturated heterocycles. The van der Waals surface area contributed by atoms with Crippen molar-refractivity contribution in [2.45, 2.75) is 4.90 Å². The van der Waals surface area contributed by atoms with Gasteiger partial charge in [-0.2, -0.15) is 0 Å².